The highest BCUT2D eigenvalue weighted by atomic mass is 16.1. The average Bonchev–Trinajstić information content (AvgIpc) is 2.02. The van der Waals surface area contributed by atoms with Gasteiger partial charge in [-0.15, -0.1) is 0 Å². The molecule has 0 radical (unpaired) electrons. The Morgan fingerprint density at radius 1 is 1.58 bits per heavy atom. The van der Waals surface area contributed by atoms with Gasteiger partial charge in [0.25, 0.3) is 0 Å². The SMILES string of the molecule is CCN(CC(N)=O)CC(C)CN. The van der Waals surface area contributed by atoms with Gasteiger partial charge in [0.1, 0.15) is 0 Å². The first-order valence-electron chi connectivity index (χ1n) is 4.30. The molecule has 0 aromatic heterocycles. The molecular formula is C8H19N3O. The third kappa shape index (κ3) is 5.09. The molecule has 0 fully saturated rings. The number of nitrogens with two attached hydrogens (primary N) is 2. The van der Waals surface area contributed by atoms with E-state index in [0.29, 0.717) is 19.0 Å². The largest absolute Gasteiger partial charge is 0.369 e. The van der Waals surface area contributed by atoms with Crippen molar-refractivity contribution in [1.29, 1.82) is 0 Å². The summed E-state index contributed by atoms with van der Waals surface area (Å²) in [7, 11) is 0. The van der Waals surface area contributed by atoms with Gasteiger partial charge in [-0.3, -0.25) is 9.69 Å². The molecule has 0 aliphatic carbocycles. The fourth-order valence-electron chi connectivity index (χ4n) is 1.04. The van der Waals surface area contributed by atoms with Gasteiger partial charge in [-0.25, -0.2) is 0 Å². The Bertz CT molecular complexity index is 138. The van der Waals surface area contributed by atoms with E-state index in [9.17, 15) is 4.79 Å². The fourth-order valence-corrected chi connectivity index (χ4v) is 1.04. The predicted molar refractivity (Wildman–Crippen MR) is 49.5 cm³/mol. The number of hydrogen-bond acceptors (Lipinski definition) is 3. The number of carbonyl (C=O) groups excluding carboxylic acids is 1. The molecule has 0 bridgehead atoms. The predicted octanol–water partition coefficient (Wildman–Crippen LogP) is -0.612. The maximum atomic E-state index is 10.6. The molecule has 4 nitrogen and oxygen atoms in total. The van der Waals surface area contributed by atoms with Crippen molar-refractivity contribution in [2.45, 2.75) is 13.8 Å². The van der Waals surface area contributed by atoms with Crippen molar-refractivity contribution in [3.05, 3.63) is 0 Å². The number of primary amides is 1. The summed E-state index contributed by atoms with van der Waals surface area (Å²) in [5, 5.41) is 0. The summed E-state index contributed by atoms with van der Waals surface area (Å²) >= 11 is 0. The zero-order valence-electron chi connectivity index (χ0n) is 7.92. The smallest absolute Gasteiger partial charge is 0.231 e. The lowest BCUT2D eigenvalue weighted by atomic mass is 10.1. The molecule has 0 aliphatic rings. The lowest BCUT2D eigenvalue weighted by Gasteiger charge is -2.21. The van der Waals surface area contributed by atoms with E-state index >= 15 is 0 Å². The normalized spacial score (nSPS) is 13.3. The highest BCUT2D eigenvalue weighted by Crippen LogP contribution is 1.96. The minimum absolute atomic E-state index is 0.277. The van der Waals surface area contributed by atoms with Gasteiger partial charge in [0.15, 0.2) is 0 Å². The molecule has 0 saturated heterocycles. The lowest BCUT2D eigenvalue weighted by molar-refractivity contribution is -0.119. The van der Waals surface area contributed by atoms with E-state index < -0.39 is 0 Å². The van der Waals surface area contributed by atoms with Crippen LogP contribution in [-0.2, 0) is 4.79 Å². The van der Waals surface area contributed by atoms with Crippen LogP contribution in [0.3, 0.4) is 0 Å². The van der Waals surface area contributed by atoms with Crippen molar-refractivity contribution in [2.24, 2.45) is 17.4 Å². The molecule has 1 unspecified atom stereocenters. The van der Waals surface area contributed by atoms with Gasteiger partial charge in [-0.1, -0.05) is 13.8 Å². The molecule has 0 spiro atoms. The van der Waals surface area contributed by atoms with Crippen molar-refractivity contribution < 1.29 is 4.79 Å². The van der Waals surface area contributed by atoms with Gasteiger partial charge >= 0.3 is 0 Å². The Labute approximate surface area is 73.9 Å². The summed E-state index contributed by atoms with van der Waals surface area (Å²) in [4.78, 5) is 12.6. The third-order valence-corrected chi connectivity index (χ3v) is 1.80. The van der Waals surface area contributed by atoms with Crippen LogP contribution in [0, 0.1) is 5.92 Å². The summed E-state index contributed by atoms with van der Waals surface area (Å²) in [5.41, 5.74) is 10.5. The summed E-state index contributed by atoms with van der Waals surface area (Å²) < 4.78 is 0. The van der Waals surface area contributed by atoms with Gasteiger partial charge in [-0.05, 0) is 19.0 Å². The molecule has 0 aromatic carbocycles. The van der Waals surface area contributed by atoms with Crippen LogP contribution in [0.5, 0.6) is 0 Å². The molecule has 4 heteroatoms. The molecular weight excluding hydrogens is 154 g/mol. The molecule has 72 valence electrons. The van der Waals surface area contributed by atoms with Crippen LogP contribution in [0.2, 0.25) is 0 Å². The van der Waals surface area contributed by atoms with Crippen LogP contribution in [0.15, 0.2) is 0 Å². The zero-order chi connectivity index (χ0) is 9.56. The van der Waals surface area contributed by atoms with E-state index in [1.54, 1.807) is 0 Å². The Hall–Kier alpha value is -0.610. The summed E-state index contributed by atoms with van der Waals surface area (Å²) in [5.74, 6) is 0.144. The van der Waals surface area contributed by atoms with Crippen LogP contribution in [0.1, 0.15) is 13.8 Å². The molecule has 0 saturated carbocycles. The van der Waals surface area contributed by atoms with Gasteiger partial charge < -0.3 is 11.5 Å². The highest BCUT2D eigenvalue weighted by Gasteiger charge is 2.08. The van der Waals surface area contributed by atoms with Crippen LogP contribution in [0.25, 0.3) is 0 Å². The molecule has 1 atom stereocenters. The van der Waals surface area contributed by atoms with Gasteiger partial charge in [0.2, 0.25) is 5.91 Å². The second kappa shape index (κ2) is 5.97. The van der Waals surface area contributed by atoms with Gasteiger partial charge in [0.05, 0.1) is 6.54 Å². The quantitative estimate of drug-likeness (QED) is 0.562. The summed E-state index contributed by atoms with van der Waals surface area (Å²) in [6, 6.07) is 0. The van der Waals surface area contributed by atoms with E-state index in [-0.39, 0.29) is 5.91 Å². The van der Waals surface area contributed by atoms with Crippen LogP contribution < -0.4 is 11.5 Å². The lowest BCUT2D eigenvalue weighted by Crippen LogP contribution is -2.37. The minimum atomic E-state index is -0.277. The maximum absolute atomic E-state index is 10.6. The molecule has 4 N–H and O–H groups in total. The monoisotopic (exact) mass is 173 g/mol. The number of rotatable bonds is 6. The number of nitrogens with zero attached hydrogens (tertiary/aromatic N) is 1. The van der Waals surface area contributed by atoms with Crippen molar-refractivity contribution >= 4 is 5.91 Å². The van der Waals surface area contributed by atoms with Crippen molar-refractivity contribution in [3.63, 3.8) is 0 Å². The van der Waals surface area contributed by atoms with Crippen molar-refractivity contribution in [1.82, 2.24) is 4.90 Å². The Kier molecular flexibility index (Phi) is 5.66. The minimum Gasteiger partial charge on any atom is -0.369 e. The van der Waals surface area contributed by atoms with Crippen LogP contribution >= 0.6 is 0 Å². The Morgan fingerprint density at radius 2 is 2.17 bits per heavy atom. The van der Waals surface area contributed by atoms with Gasteiger partial charge in [0, 0.05) is 6.54 Å². The summed E-state index contributed by atoms with van der Waals surface area (Å²) in [6.07, 6.45) is 0. The first-order valence-corrected chi connectivity index (χ1v) is 4.30. The molecule has 1 amide bonds. The number of carbonyl (C=O) groups is 1. The van der Waals surface area contributed by atoms with E-state index in [0.717, 1.165) is 13.1 Å². The molecule has 12 heavy (non-hydrogen) atoms. The van der Waals surface area contributed by atoms with Crippen LogP contribution in [-0.4, -0.2) is 37.0 Å². The first kappa shape index (κ1) is 11.4. The van der Waals surface area contributed by atoms with Crippen LogP contribution in [0.4, 0.5) is 0 Å². The zero-order valence-corrected chi connectivity index (χ0v) is 7.92. The molecule has 0 aliphatic heterocycles. The standard InChI is InChI=1S/C8H19N3O/c1-3-11(6-8(10)12)5-7(2)4-9/h7H,3-6,9H2,1-2H3,(H2,10,12). The first-order chi connectivity index (χ1) is 5.60. The Morgan fingerprint density at radius 3 is 2.50 bits per heavy atom. The van der Waals surface area contributed by atoms with E-state index in [1.165, 1.54) is 0 Å². The second-order valence-corrected chi connectivity index (χ2v) is 3.13. The third-order valence-electron chi connectivity index (χ3n) is 1.80. The highest BCUT2D eigenvalue weighted by molar-refractivity contribution is 5.75. The number of likely N-dealkylation sites (N-methyl/N-ethyl adjacent to an activating group) is 1. The summed E-state index contributed by atoms with van der Waals surface area (Å²) in [6.45, 7) is 6.73. The number of amides is 1. The van der Waals surface area contributed by atoms with Gasteiger partial charge in [-0.2, -0.15) is 0 Å². The second-order valence-electron chi connectivity index (χ2n) is 3.13. The average molecular weight is 173 g/mol. The Balaban J connectivity index is 3.74. The topological polar surface area (TPSA) is 72.3 Å². The number of hydrogen-bond donors (Lipinski definition) is 2. The molecule has 0 rings (SSSR count). The van der Waals surface area contributed by atoms with Crippen molar-refractivity contribution in [2.75, 3.05) is 26.2 Å². The van der Waals surface area contributed by atoms with Crippen molar-refractivity contribution in [3.8, 4) is 0 Å². The van der Waals surface area contributed by atoms with E-state index in [2.05, 4.69) is 6.92 Å². The maximum Gasteiger partial charge on any atom is 0.231 e. The fraction of sp³-hybridized carbons (Fsp3) is 0.875. The molecule has 0 heterocycles. The molecule has 0 aromatic rings. The van der Waals surface area contributed by atoms with E-state index in [1.807, 2.05) is 11.8 Å². The van der Waals surface area contributed by atoms with E-state index in [4.69, 9.17) is 11.5 Å².